The summed E-state index contributed by atoms with van der Waals surface area (Å²) in [6.45, 7) is 4.89. The van der Waals surface area contributed by atoms with Gasteiger partial charge in [-0.1, -0.05) is 29.8 Å². The van der Waals surface area contributed by atoms with Crippen molar-refractivity contribution >= 4 is 29.3 Å². The number of carboxylic acid groups (broad SMARTS) is 1. The first-order chi connectivity index (χ1) is 15.3. The third kappa shape index (κ3) is 4.45. The van der Waals surface area contributed by atoms with Gasteiger partial charge in [0.25, 0.3) is 0 Å². The minimum atomic E-state index is -1.04. The lowest BCUT2D eigenvalue weighted by atomic mass is 10.1. The van der Waals surface area contributed by atoms with Crippen LogP contribution in [0.2, 0.25) is 5.02 Å². The highest BCUT2D eigenvalue weighted by Gasteiger charge is 2.34. The van der Waals surface area contributed by atoms with Crippen LogP contribution < -0.4 is 5.32 Å². The number of carbonyl (C=O) groups excluding carboxylic acids is 1. The molecule has 0 spiro atoms. The van der Waals surface area contributed by atoms with Crippen molar-refractivity contribution in [2.75, 3.05) is 11.9 Å². The van der Waals surface area contributed by atoms with E-state index in [9.17, 15) is 14.7 Å². The van der Waals surface area contributed by atoms with Crippen molar-refractivity contribution in [2.45, 2.75) is 39.3 Å². The number of halogens is 1. The van der Waals surface area contributed by atoms with E-state index in [1.165, 1.54) is 12.1 Å². The number of aryl methyl sites for hydroxylation is 2. The zero-order chi connectivity index (χ0) is 22.8. The van der Waals surface area contributed by atoms with Gasteiger partial charge in [-0.05, 0) is 62.1 Å². The summed E-state index contributed by atoms with van der Waals surface area (Å²) in [4.78, 5) is 26.2. The fourth-order valence-electron chi connectivity index (χ4n) is 3.97. The van der Waals surface area contributed by atoms with Crippen LogP contribution in [0.5, 0.6) is 0 Å². The molecule has 2 N–H and O–H groups in total. The normalized spacial score (nSPS) is 15.7. The Hall–Kier alpha value is -3.39. The van der Waals surface area contributed by atoms with Crippen LogP contribution in [0.3, 0.4) is 0 Å². The molecular weight excluding hydrogens is 430 g/mol. The monoisotopic (exact) mass is 453 g/mol. The van der Waals surface area contributed by atoms with E-state index in [-0.39, 0.29) is 17.6 Å². The molecule has 1 aliphatic heterocycles. The molecule has 0 radical (unpaired) electrons. The number of amides is 2. The molecule has 1 saturated heterocycles. The van der Waals surface area contributed by atoms with Crippen molar-refractivity contribution in [3.05, 3.63) is 75.8 Å². The maximum Gasteiger partial charge on any atom is 0.335 e. The summed E-state index contributed by atoms with van der Waals surface area (Å²) in [5.41, 5.74) is 2.47. The lowest BCUT2D eigenvalue weighted by molar-refractivity contribution is 0.0697. The minimum Gasteiger partial charge on any atom is -0.478 e. The summed E-state index contributed by atoms with van der Waals surface area (Å²) in [7, 11) is 0. The number of urea groups is 1. The van der Waals surface area contributed by atoms with Gasteiger partial charge >= 0.3 is 12.0 Å². The van der Waals surface area contributed by atoms with Gasteiger partial charge < -0.3 is 19.9 Å². The zero-order valence-electron chi connectivity index (χ0n) is 17.9. The molecule has 8 nitrogen and oxygen atoms in total. The molecule has 0 saturated carbocycles. The Morgan fingerprint density at radius 1 is 1.16 bits per heavy atom. The highest BCUT2D eigenvalue weighted by atomic mass is 35.5. The topological polar surface area (TPSA) is 100 Å². The summed E-state index contributed by atoms with van der Waals surface area (Å²) in [5, 5.41) is 21.5. The number of hydrogen-bond acceptors (Lipinski definition) is 4. The maximum absolute atomic E-state index is 13.1. The van der Waals surface area contributed by atoms with E-state index < -0.39 is 5.97 Å². The van der Waals surface area contributed by atoms with E-state index in [2.05, 4.69) is 15.5 Å². The quantitative estimate of drug-likeness (QED) is 0.585. The Morgan fingerprint density at radius 3 is 2.62 bits per heavy atom. The van der Waals surface area contributed by atoms with Crippen molar-refractivity contribution in [2.24, 2.45) is 0 Å². The van der Waals surface area contributed by atoms with Crippen molar-refractivity contribution < 1.29 is 14.7 Å². The summed E-state index contributed by atoms with van der Waals surface area (Å²) in [6, 6.07) is 11.8. The van der Waals surface area contributed by atoms with Gasteiger partial charge in [0.2, 0.25) is 0 Å². The van der Waals surface area contributed by atoms with E-state index in [0.717, 1.165) is 35.6 Å². The Balaban J connectivity index is 1.57. The van der Waals surface area contributed by atoms with Gasteiger partial charge in [-0.3, -0.25) is 0 Å². The average molecular weight is 454 g/mol. The molecular formula is C23H24ClN5O3. The molecule has 0 bridgehead atoms. The predicted octanol–water partition coefficient (Wildman–Crippen LogP) is 4.66. The summed E-state index contributed by atoms with van der Waals surface area (Å²) in [6.07, 6.45) is 1.62. The number of nitrogens with one attached hydrogen (secondary N) is 1. The largest absolute Gasteiger partial charge is 0.478 e. The first-order valence-corrected chi connectivity index (χ1v) is 10.8. The molecule has 0 aliphatic carbocycles. The van der Waals surface area contributed by atoms with E-state index in [1.54, 1.807) is 11.0 Å². The van der Waals surface area contributed by atoms with Crippen molar-refractivity contribution in [1.29, 1.82) is 0 Å². The van der Waals surface area contributed by atoms with E-state index in [0.29, 0.717) is 23.8 Å². The summed E-state index contributed by atoms with van der Waals surface area (Å²) < 4.78 is 2.02. The number of benzene rings is 2. The smallest absolute Gasteiger partial charge is 0.335 e. The molecule has 166 valence electrons. The molecule has 1 fully saturated rings. The second-order valence-electron chi connectivity index (χ2n) is 7.93. The van der Waals surface area contributed by atoms with Crippen LogP contribution in [0.4, 0.5) is 10.5 Å². The predicted molar refractivity (Wildman–Crippen MR) is 121 cm³/mol. The second-order valence-corrected chi connectivity index (χ2v) is 8.37. The van der Waals surface area contributed by atoms with Crippen LogP contribution in [0.1, 0.15) is 52.0 Å². The van der Waals surface area contributed by atoms with Gasteiger partial charge in [-0.15, -0.1) is 10.2 Å². The van der Waals surface area contributed by atoms with Crippen LogP contribution >= 0.6 is 11.6 Å². The molecule has 4 rings (SSSR count). The number of carboxylic acids is 1. The van der Waals surface area contributed by atoms with Gasteiger partial charge in [0.05, 0.1) is 18.2 Å². The van der Waals surface area contributed by atoms with Crippen LogP contribution in [0.15, 0.2) is 42.5 Å². The number of likely N-dealkylation sites (tertiary alicyclic amines) is 1. The Labute approximate surface area is 190 Å². The lowest BCUT2D eigenvalue weighted by Gasteiger charge is -2.25. The summed E-state index contributed by atoms with van der Waals surface area (Å²) >= 11 is 6.00. The third-order valence-electron chi connectivity index (χ3n) is 5.76. The summed E-state index contributed by atoms with van der Waals surface area (Å²) in [5.74, 6) is 0.471. The number of aromatic nitrogens is 3. The van der Waals surface area contributed by atoms with Gasteiger partial charge in [-0.2, -0.15) is 0 Å². The fraction of sp³-hybridized carbons (Fsp3) is 0.304. The molecule has 2 aromatic carbocycles. The number of aromatic carboxylic acids is 1. The van der Waals surface area contributed by atoms with Crippen molar-refractivity contribution in [3.8, 4) is 0 Å². The van der Waals surface area contributed by atoms with Gasteiger partial charge in [0.1, 0.15) is 5.82 Å². The van der Waals surface area contributed by atoms with Gasteiger partial charge in [0.15, 0.2) is 5.82 Å². The highest BCUT2D eigenvalue weighted by molar-refractivity contribution is 6.30. The van der Waals surface area contributed by atoms with E-state index in [4.69, 9.17) is 11.6 Å². The molecule has 2 amide bonds. The first kappa shape index (κ1) is 21.8. The molecule has 9 heteroatoms. The van der Waals surface area contributed by atoms with Crippen molar-refractivity contribution in [3.63, 3.8) is 0 Å². The number of rotatable bonds is 5. The van der Waals surface area contributed by atoms with Crippen molar-refractivity contribution in [1.82, 2.24) is 19.7 Å². The Morgan fingerprint density at radius 2 is 1.91 bits per heavy atom. The third-order valence-corrected chi connectivity index (χ3v) is 6.01. The minimum absolute atomic E-state index is 0.127. The van der Waals surface area contributed by atoms with Crippen LogP contribution in [0.25, 0.3) is 0 Å². The number of nitrogens with zero attached hydrogens (tertiary/aromatic N) is 4. The maximum atomic E-state index is 13.1. The van der Waals surface area contributed by atoms with Crippen LogP contribution in [-0.2, 0) is 6.54 Å². The Kier molecular flexibility index (Phi) is 6.14. The standard InChI is InChI=1S/C23H24ClN5O3/c1-14-5-8-17(22(30)31)12-19(14)25-23(32)28-11-3-4-20(28)21-27-26-15(2)29(21)13-16-6-9-18(24)10-7-16/h5-10,12,20H,3-4,11,13H2,1-2H3,(H,25,32)(H,30,31)/t20-/m1/s1. The van der Waals surface area contributed by atoms with E-state index >= 15 is 0 Å². The van der Waals surface area contributed by atoms with Gasteiger partial charge in [0, 0.05) is 17.3 Å². The molecule has 32 heavy (non-hydrogen) atoms. The van der Waals surface area contributed by atoms with Crippen LogP contribution in [0, 0.1) is 13.8 Å². The molecule has 0 unspecified atom stereocenters. The van der Waals surface area contributed by atoms with E-state index in [1.807, 2.05) is 42.7 Å². The molecule has 3 aromatic rings. The van der Waals surface area contributed by atoms with Crippen LogP contribution in [-0.4, -0.2) is 43.3 Å². The Bertz CT molecular complexity index is 1160. The average Bonchev–Trinajstić information content (AvgIpc) is 3.38. The molecule has 2 heterocycles. The molecule has 1 aliphatic rings. The molecule has 1 aromatic heterocycles. The first-order valence-electron chi connectivity index (χ1n) is 10.4. The highest BCUT2D eigenvalue weighted by Crippen LogP contribution is 2.32. The second kappa shape index (κ2) is 9.00. The SMILES string of the molecule is Cc1ccc(C(=O)O)cc1NC(=O)N1CCC[C@@H]1c1nnc(C)n1Cc1ccc(Cl)cc1. The molecule has 1 atom stereocenters. The number of hydrogen-bond donors (Lipinski definition) is 2. The zero-order valence-corrected chi connectivity index (χ0v) is 18.6. The number of anilines is 1. The lowest BCUT2D eigenvalue weighted by Crippen LogP contribution is -2.36. The van der Waals surface area contributed by atoms with Gasteiger partial charge in [-0.25, -0.2) is 9.59 Å². The fourth-order valence-corrected chi connectivity index (χ4v) is 4.09. The number of carbonyl (C=O) groups is 2.